The molecule has 1 aliphatic heterocycles. The smallest absolute Gasteiger partial charge is 0.0802 e. The molecule has 0 bridgehead atoms. The Kier molecular flexibility index (Phi) is 4.98. The van der Waals surface area contributed by atoms with Crippen LogP contribution in [0.2, 0.25) is 0 Å². The van der Waals surface area contributed by atoms with E-state index in [0.29, 0.717) is 0 Å². The second kappa shape index (κ2) is 6.50. The molecule has 1 aromatic rings. The van der Waals surface area contributed by atoms with E-state index in [-0.39, 0.29) is 6.10 Å². The van der Waals surface area contributed by atoms with E-state index in [2.05, 4.69) is 20.8 Å². The largest absolute Gasteiger partial charge is 0.388 e. The molecule has 1 aromatic carbocycles. The van der Waals surface area contributed by atoms with Crippen molar-refractivity contribution in [1.29, 1.82) is 0 Å². The first-order valence-electron chi connectivity index (χ1n) is 5.99. The van der Waals surface area contributed by atoms with Crippen molar-refractivity contribution in [3.8, 4) is 0 Å². The molecule has 1 unspecified atom stereocenters. The van der Waals surface area contributed by atoms with Crippen molar-refractivity contribution in [2.75, 3.05) is 32.8 Å². The second-order valence-corrected chi connectivity index (χ2v) is 5.23. The minimum atomic E-state index is -0.369. The number of nitrogens with zero attached hydrogens (tertiary/aromatic N) is 1. The summed E-state index contributed by atoms with van der Waals surface area (Å²) in [4.78, 5) is 2.34. The summed E-state index contributed by atoms with van der Waals surface area (Å²) in [6.45, 7) is 4.52. The fraction of sp³-hybridized carbons (Fsp3) is 0.538. The molecule has 1 N–H and O–H groups in total. The van der Waals surface area contributed by atoms with E-state index in [1.54, 1.807) is 0 Å². The van der Waals surface area contributed by atoms with Gasteiger partial charge in [-0.1, -0.05) is 28.1 Å². The molecule has 4 heteroatoms. The number of rotatable bonds is 4. The van der Waals surface area contributed by atoms with Gasteiger partial charge in [0.05, 0.1) is 19.3 Å². The topological polar surface area (TPSA) is 32.7 Å². The van der Waals surface area contributed by atoms with E-state index in [1.165, 1.54) is 0 Å². The number of aliphatic hydroxyl groups excluding tert-OH is 1. The van der Waals surface area contributed by atoms with Crippen LogP contribution in [0, 0.1) is 0 Å². The Morgan fingerprint density at radius 1 is 1.24 bits per heavy atom. The first-order valence-corrected chi connectivity index (χ1v) is 6.78. The molecular formula is C13H18BrNO2. The maximum atomic E-state index is 10.1. The Hall–Kier alpha value is -0.420. The Bertz CT molecular complexity index is 336. The van der Waals surface area contributed by atoms with E-state index in [0.717, 1.165) is 49.3 Å². The summed E-state index contributed by atoms with van der Waals surface area (Å²) in [6, 6.07) is 7.86. The van der Waals surface area contributed by atoms with Gasteiger partial charge in [0.15, 0.2) is 0 Å². The Morgan fingerprint density at radius 3 is 2.53 bits per heavy atom. The van der Waals surface area contributed by atoms with Crippen molar-refractivity contribution in [3.63, 3.8) is 0 Å². The summed E-state index contributed by atoms with van der Waals surface area (Å²) < 4.78 is 6.34. The van der Waals surface area contributed by atoms with Crippen molar-refractivity contribution in [3.05, 3.63) is 34.3 Å². The van der Waals surface area contributed by atoms with Crippen molar-refractivity contribution in [2.45, 2.75) is 12.5 Å². The van der Waals surface area contributed by atoms with Crippen LogP contribution in [-0.2, 0) is 4.74 Å². The van der Waals surface area contributed by atoms with Crippen LogP contribution in [-0.4, -0.2) is 42.9 Å². The highest BCUT2D eigenvalue weighted by Crippen LogP contribution is 2.19. The normalized spacial score (nSPS) is 19.2. The molecule has 0 aliphatic carbocycles. The van der Waals surface area contributed by atoms with Gasteiger partial charge in [0.2, 0.25) is 0 Å². The van der Waals surface area contributed by atoms with E-state index >= 15 is 0 Å². The lowest BCUT2D eigenvalue weighted by Gasteiger charge is -2.27. The molecule has 1 atom stereocenters. The molecule has 1 fully saturated rings. The van der Waals surface area contributed by atoms with Gasteiger partial charge in [-0.15, -0.1) is 0 Å². The van der Waals surface area contributed by atoms with Gasteiger partial charge in [-0.05, 0) is 24.1 Å². The molecule has 3 nitrogen and oxygen atoms in total. The monoisotopic (exact) mass is 299 g/mol. The molecule has 1 saturated heterocycles. The zero-order chi connectivity index (χ0) is 12.1. The average Bonchev–Trinajstić information content (AvgIpc) is 2.38. The van der Waals surface area contributed by atoms with Crippen LogP contribution in [0.25, 0.3) is 0 Å². The number of aliphatic hydroxyl groups is 1. The Morgan fingerprint density at radius 2 is 1.88 bits per heavy atom. The van der Waals surface area contributed by atoms with Crippen molar-refractivity contribution < 1.29 is 9.84 Å². The van der Waals surface area contributed by atoms with Gasteiger partial charge in [0, 0.05) is 24.1 Å². The first kappa shape index (κ1) is 13.0. The zero-order valence-corrected chi connectivity index (χ0v) is 11.4. The van der Waals surface area contributed by atoms with Crippen LogP contribution >= 0.6 is 15.9 Å². The summed E-state index contributed by atoms with van der Waals surface area (Å²) in [6.07, 6.45) is 0.410. The maximum Gasteiger partial charge on any atom is 0.0802 e. The number of hydrogen-bond donors (Lipinski definition) is 1. The number of hydrogen-bond acceptors (Lipinski definition) is 3. The van der Waals surface area contributed by atoms with E-state index < -0.39 is 0 Å². The Balaban J connectivity index is 1.80. The molecule has 1 heterocycles. The fourth-order valence-corrected chi connectivity index (χ4v) is 2.25. The molecule has 0 radical (unpaired) electrons. The lowest BCUT2D eigenvalue weighted by molar-refractivity contribution is 0.0300. The summed E-state index contributed by atoms with van der Waals surface area (Å²) in [5, 5.41) is 10.1. The van der Waals surface area contributed by atoms with Crippen LogP contribution < -0.4 is 0 Å². The standard InChI is InChI=1S/C13H18BrNO2/c14-12-3-1-11(2-4-12)13(16)5-6-15-7-9-17-10-8-15/h1-4,13,16H,5-10H2. The highest BCUT2D eigenvalue weighted by Gasteiger charge is 2.13. The first-order chi connectivity index (χ1) is 8.25. The van der Waals surface area contributed by atoms with Crippen molar-refractivity contribution in [2.24, 2.45) is 0 Å². The van der Waals surface area contributed by atoms with Crippen LogP contribution in [0.1, 0.15) is 18.1 Å². The predicted octanol–water partition coefficient (Wildman–Crippen LogP) is 2.20. The third-order valence-electron chi connectivity index (χ3n) is 3.08. The molecule has 0 spiro atoms. The Labute approximate surface area is 111 Å². The molecule has 94 valence electrons. The lowest BCUT2D eigenvalue weighted by Crippen LogP contribution is -2.37. The molecule has 2 rings (SSSR count). The number of morpholine rings is 1. The highest BCUT2D eigenvalue weighted by atomic mass is 79.9. The fourth-order valence-electron chi connectivity index (χ4n) is 1.98. The van der Waals surface area contributed by atoms with Gasteiger partial charge in [-0.2, -0.15) is 0 Å². The van der Waals surface area contributed by atoms with Gasteiger partial charge in [-0.25, -0.2) is 0 Å². The van der Waals surface area contributed by atoms with Gasteiger partial charge in [-0.3, -0.25) is 4.90 Å². The van der Waals surface area contributed by atoms with Crippen molar-refractivity contribution >= 4 is 15.9 Å². The van der Waals surface area contributed by atoms with Crippen LogP contribution in [0.4, 0.5) is 0 Å². The van der Waals surface area contributed by atoms with E-state index in [9.17, 15) is 5.11 Å². The van der Waals surface area contributed by atoms with Crippen LogP contribution in [0.15, 0.2) is 28.7 Å². The van der Waals surface area contributed by atoms with Gasteiger partial charge in [0.25, 0.3) is 0 Å². The summed E-state index contributed by atoms with van der Waals surface area (Å²) >= 11 is 3.39. The molecule has 0 saturated carbocycles. The minimum absolute atomic E-state index is 0.369. The average molecular weight is 300 g/mol. The van der Waals surface area contributed by atoms with Crippen LogP contribution in [0.3, 0.4) is 0 Å². The molecular weight excluding hydrogens is 282 g/mol. The van der Waals surface area contributed by atoms with E-state index in [4.69, 9.17) is 4.74 Å². The number of halogens is 1. The van der Waals surface area contributed by atoms with Gasteiger partial charge < -0.3 is 9.84 Å². The molecule has 0 aromatic heterocycles. The zero-order valence-electron chi connectivity index (χ0n) is 9.81. The van der Waals surface area contributed by atoms with Gasteiger partial charge in [0.1, 0.15) is 0 Å². The summed E-state index contributed by atoms with van der Waals surface area (Å²) in [5.41, 5.74) is 0.987. The van der Waals surface area contributed by atoms with E-state index in [1.807, 2.05) is 24.3 Å². The molecule has 0 amide bonds. The minimum Gasteiger partial charge on any atom is -0.388 e. The van der Waals surface area contributed by atoms with Crippen LogP contribution in [0.5, 0.6) is 0 Å². The number of ether oxygens (including phenoxy) is 1. The maximum absolute atomic E-state index is 10.1. The summed E-state index contributed by atoms with van der Waals surface area (Å²) in [7, 11) is 0. The third-order valence-corrected chi connectivity index (χ3v) is 3.61. The molecule has 17 heavy (non-hydrogen) atoms. The quantitative estimate of drug-likeness (QED) is 0.925. The lowest BCUT2D eigenvalue weighted by atomic mass is 10.1. The predicted molar refractivity (Wildman–Crippen MR) is 71.0 cm³/mol. The van der Waals surface area contributed by atoms with Gasteiger partial charge >= 0.3 is 0 Å². The highest BCUT2D eigenvalue weighted by molar-refractivity contribution is 9.10. The second-order valence-electron chi connectivity index (χ2n) is 4.31. The number of benzene rings is 1. The summed E-state index contributed by atoms with van der Waals surface area (Å²) in [5.74, 6) is 0. The van der Waals surface area contributed by atoms with Crippen molar-refractivity contribution in [1.82, 2.24) is 4.90 Å². The molecule has 1 aliphatic rings. The SMILES string of the molecule is OC(CCN1CCOCC1)c1ccc(Br)cc1. The third kappa shape index (κ3) is 4.07.